The van der Waals surface area contributed by atoms with Crippen LogP contribution in [-0.2, 0) is 17.8 Å². The summed E-state index contributed by atoms with van der Waals surface area (Å²) >= 11 is 0. The van der Waals surface area contributed by atoms with Crippen molar-refractivity contribution in [2.24, 2.45) is 0 Å². The average molecular weight is 549 g/mol. The quantitative estimate of drug-likeness (QED) is 0.468. The number of halogens is 1. The molecule has 0 unspecified atom stereocenters. The van der Waals surface area contributed by atoms with Crippen LogP contribution in [0, 0.1) is 0 Å². The fraction of sp³-hybridized carbons (Fsp3) is 0.464. The van der Waals surface area contributed by atoms with Crippen molar-refractivity contribution >= 4 is 24.4 Å². The van der Waals surface area contributed by atoms with Crippen molar-refractivity contribution in [1.82, 2.24) is 9.80 Å². The molecule has 1 amide bonds. The Bertz CT molecular complexity index is 1150. The molecule has 1 fully saturated rings. The smallest absolute Gasteiger partial charge is 0.249 e. The van der Waals surface area contributed by atoms with Gasteiger partial charge in [-0.1, -0.05) is 0 Å². The number of ether oxygens (including phenoxy) is 6. The predicted octanol–water partition coefficient (Wildman–Crippen LogP) is 3.83. The van der Waals surface area contributed by atoms with Crippen LogP contribution in [0.2, 0.25) is 0 Å². The first-order chi connectivity index (χ1) is 18.0. The fourth-order valence-electron chi connectivity index (χ4n) is 5.11. The molecule has 38 heavy (non-hydrogen) atoms. The lowest BCUT2D eigenvalue weighted by Gasteiger charge is -2.35. The molecule has 2 aliphatic rings. The van der Waals surface area contributed by atoms with E-state index in [9.17, 15) is 4.79 Å². The van der Waals surface area contributed by atoms with Gasteiger partial charge in [-0.25, -0.2) is 0 Å². The predicted molar refractivity (Wildman–Crippen MR) is 148 cm³/mol. The van der Waals surface area contributed by atoms with E-state index in [0.717, 1.165) is 41.9 Å². The minimum Gasteiger partial charge on any atom is -0.493 e. The summed E-state index contributed by atoms with van der Waals surface area (Å²) in [5, 5.41) is 0. The standard InChI is InChI=1S/C28H36N2O7.ClH/c1-32-22-13-18(14-23(33-2)26(22)36-5)17-29-9-11-30(12-10-29)28(31)19-7-8-21-20(15-19)16-24(34-3)27(37-6)25(21)35-4;/h13-16H,7-12,17H2,1-6H3;1H. The highest BCUT2D eigenvalue weighted by atomic mass is 35.5. The molecule has 2 aromatic rings. The lowest BCUT2D eigenvalue weighted by Crippen LogP contribution is -2.48. The van der Waals surface area contributed by atoms with Crippen molar-refractivity contribution in [3.05, 3.63) is 40.5 Å². The van der Waals surface area contributed by atoms with Crippen molar-refractivity contribution in [1.29, 1.82) is 0 Å². The lowest BCUT2D eigenvalue weighted by atomic mass is 9.90. The Morgan fingerprint density at radius 1 is 0.711 bits per heavy atom. The molecule has 4 rings (SSSR count). The van der Waals surface area contributed by atoms with Crippen LogP contribution in [0.25, 0.3) is 6.08 Å². The lowest BCUT2D eigenvalue weighted by molar-refractivity contribution is -0.129. The van der Waals surface area contributed by atoms with E-state index in [1.807, 2.05) is 29.2 Å². The fourth-order valence-corrected chi connectivity index (χ4v) is 5.11. The van der Waals surface area contributed by atoms with Gasteiger partial charge in [0.1, 0.15) is 0 Å². The van der Waals surface area contributed by atoms with Crippen molar-refractivity contribution in [2.75, 3.05) is 68.8 Å². The molecule has 0 N–H and O–H groups in total. The first-order valence-electron chi connectivity index (χ1n) is 12.3. The number of carbonyl (C=O) groups is 1. The van der Waals surface area contributed by atoms with Crippen LogP contribution in [0.4, 0.5) is 0 Å². The van der Waals surface area contributed by atoms with Gasteiger partial charge in [0.2, 0.25) is 17.4 Å². The Hall–Kier alpha value is -3.30. The Labute approximate surface area is 230 Å². The molecule has 9 nitrogen and oxygen atoms in total. The van der Waals surface area contributed by atoms with Gasteiger partial charge in [-0.3, -0.25) is 9.69 Å². The maximum Gasteiger partial charge on any atom is 0.249 e. The highest BCUT2D eigenvalue weighted by Gasteiger charge is 2.28. The highest BCUT2D eigenvalue weighted by molar-refractivity contribution is 5.99. The van der Waals surface area contributed by atoms with E-state index < -0.39 is 0 Å². The van der Waals surface area contributed by atoms with Crippen molar-refractivity contribution < 1.29 is 33.2 Å². The van der Waals surface area contributed by atoms with Gasteiger partial charge in [0, 0.05) is 43.9 Å². The Morgan fingerprint density at radius 3 is 1.79 bits per heavy atom. The topological polar surface area (TPSA) is 78.9 Å². The van der Waals surface area contributed by atoms with Gasteiger partial charge >= 0.3 is 0 Å². The molecular weight excluding hydrogens is 512 g/mol. The largest absolute Gasteiger partial charge is 0.493 e. The summed E-state index contributed by atoms with van der Waals surface area (Å²) in [6.07, 6.45) is 3.33. The third-order valence-corrected chi connectivity index (χ3v) is 7.01. The van der Waals surface area contributed by atoms with Gasteiger partial charge in [0.25, 0.3) is 0 Å². The normalized spacial score (nSPS) is 15.0. The zero-order valence-corrected chi connectivity index (χ0v) is 23.7. The molecule has 1 heterocycles. The number of nitrogens with zero attached hydrogens (tertiary/aromatic N) is 2. The van der Waals surface area contributed by atoms with Crippen LogP contribution in [-0.4, -0.2) is 84.5 Å². The summed E-state index contributed by atoms with van der Waals surface area (Å²) < 4.78 is 33.0. The molecule has 0 aromatic heterocycles. The molecule has 0 atom stereocenters. The van der Waals surface area contributed by atoms with Crippen LogP contribution in [0.1, 0.15) is 23.1 Å². The monoisotopic (exact) mass is 548 g/mol. The number of hydrogen-bond acceptors (Lipinski definition) is 8. The first kappa shape index (κ1) is 29.3. The number of rotatable bonds is 9. The van der Waals surface area contributed by atoms with E-state index in [-0.39, 0.29) is 18.3 Å². The second-order valence-corrected chi connectivity index (χ2v) is 8.98. The minimum atomic E-state index is 0. The molecule has 1 saturated heterocycles. The molecule has 0 saturated carbocycles. The molecule has 2 aromatic carbocycles. The zero-order chi connectivity index (χ0) is 26.5. The summed E-state index contributed by atoms with van der Waals surface area (Å²) in [5.41, 5.74) is 3.84. The molecule has 0 bridgehead atoms. The van der Waals surface area contributed by atoms with Gasteiger partial charge in [0.05, 0.1) is 42.7 Å². The zero-order valence-electron chi connectivity index (χ0n) is 22.9. The van der Waals surface area contributed by atoms with Gasteiger partial charge in [-0.15, -0.1) is 12.4 Å². The second-order valence-electron chi connectivity index (χ2n) is 8.98. The van der Waals surface area contributed by atoms with Gasteiger partial charge in [-0.05, 0) is 48.2 Å². The summed E-state index contributed by atoms with van der Waals surface area (Å²) in [6, 6.07) is 5.86. The van der Waals surface area contributed by atoms with E-state index in [1.54, 1.807) is 42.7 Å². The number of piperazine rings is 1. The van der Waals surface area contributed by atoms with Crippen molar-refractivity contribution in [3.63, 3.8) is 0 Å². The molecule has 0 radical (unpaired) electrons. The number of benzene rings is 2. The van der Waals surface area contributed by atoms with E-state index >= 15 is 0 Å². The third-order valence-electron chi connectivity index (χ3n) is 7.01. The van der Waals surface area contributed by atoms with Crippen LogP contribution >= 0.6 is 12.4 Å². The van der Waals surface area contributed by atoms with E-state index in [0.29, 0.717) is 60.4 Å². The van der Waals surface area contributed by atoms with Gasteiger partial charge in [0.15, 0.2) is 23.0 Å². The van der Waals surface area contributed by atoms with Crippen LogP contribution < -0.4 is 28.4 Å². The first-order valence-corrected chi connectivity index (χ1v) is 12.3. The van der Waals surface area contributed by atoms with Gasteiger partial charge in [-0.2, -0.15) is 0 Å². The minimum absolute atomic E-state index is 0. The summed E-state index contributed by atoms with van der Waals surface area (Å²) in [6.45, 7) is 3.64. The Morgan fingerprint density at radius 2 is 1.26 bits per heavy atom. The van der Waals surface area contributed by atoms with Crippen molar-refractivity contribution in [3.8, 4) is 34.5 Å². The molecule has 208 valence electrons. The second kappa shape index (κ2) is 13.0. The Kier molecular flexibility index (Phi) is 9.99. The SMILES string of the molecule is COc1cc(CN2CCN(C(=O)C3=Cc4cc(OC)c(OC)c(OC)c4CC3)CC2)cc(OC)c1OC.Cl. The van der Waals surface area contributed by atoms with Gasteiger partial charge < -0.3 is 33.3 Å². The maximum atomic E-state index is 13.4. The van der Waals surface area contributed by atoms with E-state index in [2.05, 4.69) is 4.90 Å². The molecule has 10 heteroatoms. The van der Waals surface area contributed by atoms with Crippen molar-refractivity contribution in [2.45, 2.75) is 19.4 Å². The Balaban J connectivity index is 0.00000400. The maximum absolute atomic E-state index is 13.4. The van der Waals surface area contributed by atoms with E-state index in [4.69, 9.17) is 28.4 Å². The van der Waals surface area contributed by atoms with Crippen LogP contribution in [0.15, 0.2) is 23.8 Å². The number of fused-ring (bicyclic) bond motifs is 1. The number of hydrogen-bond donors (Lipinski definition) is 0. The summed E-state index contributed by atoms with van der Waals surface area (Å²) in [5.74, 6) is 3.78. The molecular formula is C28H37ClN2O7. The number of carbonyl (C=O) groups excluding carboxylic acids is 1. The number of amides is 1. The highest BCUT2D eigenvalue weighted by Crippen LogP contribution is 2.45. The third kappa shape index (κ3) is 5.73. The molecule has 1 aliphatic carbocycles. The molecule has 0 spiro atoms. The average Bonchev–Trinajstić information content (AvgIpc) is 2.94. The van der Waals surface area contributed by atoms with Crippen LogP contribution in [0.3, 0.4) is 0 Å². The molecule has 1 aliphatic heterocycles. The number of methoxy groups -OCH3 is 6. The summed E-state index contributed by atoms with van der Waals surface area (Å²) in [4.78, 5) is 17.7. The van der Waals surface area contributed by atoms with E-state index in [1.165, 1.54) is 0 Å². The summed E-state index contributed by atoms with van der Waals surface area (Å²) in [7, 11) is 9.65. The van der Waals surface area contributed by atoms with Crippen LogP contribution in [0.5, 0.6) is 34.5 Å².